The molecule has 5 nitrogen and oxygen atoms in total. The SMILES string of the molecule is CCNC(=NCC1(c2ccccc2)CC1)NCCc1ccc(O)c(OC)c1. The topological polar surface area (TPSA) is 65.9 Å². The number of guanidine groups is 1. The fourth-order valence-corrected chi connectivity index (χ4v) is 3.26. The van der Waals surface area contributed by atoms with Crippen LogP contribution in [0.15, 0.2) is 53.5 Å². The Morgan fingerprint density at radius 2 is 1.93 bits per heavy atom. The summed E-state index contributed by atoms with van der Waals surface area (Å²) < 4.78 is 5.17. The van der Waals surface area contributed by atoms with Crippen molar-refractivity contribution in [3.8, 4) is 11.5 Å². The Labute approximate surface area is 161 Å². The first-order valence-corrected chi connectivity index (χ1v) is 9.60. The average Bonchev–Trinajstić information content (AvgIpc) is 3.49. The summed E-state index contributed by atoms with van der Waals surface area (Å²) in [7, 11) is 1.56. The molecule has 5 heteroatoms. The summed E-state index contributed by atoms with van der Waals surface area (Å²) >= 11 is 0. The van der Waals surface area contributed by atoms with Crippen molar-refractivity contribution in [2.45, 2.75) is 31.6 Å². The highest BCUT2D eigenvalue weighted by Gasteiger charge is 2.43. The molecule has 0 aliphatic heterocycles. The van der Waals surface area contributed by atoms with Crippen LogP contribution in [0.25, 0.3) is 0 Å². The summed E-state index contributed by atoms with van der Waals surface area (Å²) in [6, 6.07) is 16.1. The van der Waals surface area contributed by atoms with Crippen LogP contribution in [0.1, 0.15) is 30.9 Å². The molecule has 1 fully saturated rings. The van der Waals surface area contributed by atoms with Gasteiger partial charge in [0.2, 0.25) is 0 Å². The molecule has 1 aliphatic carbocycles. The van der Waals surface area contributed by atoms with E-state index in [0.29, 0.717) is 5.75 Å². The highest BCUT2D eigenvalue weighted by atomic mass is 16.5. The molecule has 2 aromatic rings. The van der Waals surface area contributed by atoms with Gasteiger partial charge in [-0.2, -0.15) is 0 Å². The van der Waals surface area contributed by atoms with E-state index in [-0.39, 0.29) is 11.2 Å². The maximum absolute atomic E-state index is 9.69. The molecule has 0 saturated heterocycles. The van der Waals surface area contributed by atoms with Crippen molar-refractivity contribution in [1.82, 2.24) is 10.6 Å². The zero-order valence-electron chi connectivity index (χ0n) is 16.2. The molecule has 1 aliphatic rings. The van der Waals surface area contributed by atoms with E-state index in [1.54, 1.807) is 13.2 Å². The molecule has 1 saturated carbocycles. The van der Waals surface area contributed by atoms with Gasteiger partial charge in [-0.3, -0.25) is 4.99 Å². The van der Waals surface area contributed by atoms with E-state index >= 15 is 0 Å². The molecule has 2 aromatic carbocycles. The zero-order valence-corrected chi connectivity index (χ0v) is 16.2. The predicted octanol–water partition coefficient (Wildman–Crippen LogP) is 3.23. The van der Waals surface area contributed by atoms with Crippen molar-refractivity contribution in [3.05, 3.63) is 59.7 Å². The molecule has 0 amide bonds. The Bertz CT molecular complexity index is 770. The number of aliphatic imine (C=N–C) groups is 1. The second-order valence-corrected chi connectivity index (χ2v) is 7.02. The van der Waals surface area contributed by atoms with Gasteiger partial charge in [-0.05, 0) is 49.4 Å². The summed E-state index contributed by atoms with van der Waals surface area (Å²) in [5.74, 6) is 1.52. The molecule has 0 heterocycles. The van der Waals surface area contributed by atoms with E-state index in [9.17, 15) is 5.11 Å². The summed E-state index contributed by atoms with van der Waals surface area (Å²) in [5, 5.41) is 16.4. The van der Waals surface area contributed by atoms with Crippen LogP contribution in [0.3, 0.4) is 0 Å². The number of phenols is 1. The molecular weight excluding hydrogens is 338 g/mol. The molecular formula is C22H29N3O2. The number of phenolic OH excluding ortho intramolecular Hbond substituents is 1. The van der Waals surface area contributed by atoms with Gasteiger partial charge >= 0.3 is 0 Å². The normalized spacial score (nSPS) is 15.3. The van der Waals surface area contributed by atoms with Gasteiger partial charge in [-0.25, -0.2) is 0 Å². The van der Waals surface area contributed by atoms with E-state index in [1.165, 1.54) is 18.4 Å². The highest BCUT2D eigenvalue weighted by Crippen LogP contribution is 2.48. The van der Waals surface area contributed by atoms with Gasteiger partial charge in [0.05, 0.1) is 13.7 Å². The van der Waals surface area contributed by atoms with Crippen LogP contribution in [-0.4, -0.2) is 37.8 Å². The smallest absolute Gasteiger partial charge is 0.191 e. The van der Waals surface area contributed by atoms with E-state index in [4.69, 9.17) is 9.73 Å². The van der Waals surface area contributed by atoms with Crippen LogP contribution in [0.2, 0.25) is 0 Å². The quantitative estimate of drug-likeness (QED) is 0.495. The number of hydrogen-bond acceptors (Lipinski definition) is 3. The minimum absolute atomic E-state index is 0.166. The van der Waals surface area contributed by atoms with E-state index in [1.807, 2.05) is 12.1 Å². The standard InChI is InChI=1S/C22H29N3O2/c1-3-23-21(24-14-11-17-9-10-19(26)20(15-17)27-2)25-16-22(12-13-22)18-7-5-4-6-8-18/h4-10,15,26H,3,11-14,16H2,1-2H3,(H2,23,24,25). The van der Waals surface area contributed by atoms with Crippen LogP contribution in [0.4, 0.5) is 0 Å². The Morgan fingerprint density at radius 3 is 2.59 bits per heavy atom. The van der Waals surface area contributed by atoms with Gasteiger partial charge in [-0.1, -0.05) is 36.4 Å². The largest absolute Gasteiger partial charge is 0.504 e. The Kier molecular flexibility index (Phi) is 6.22. The second-order valence-electron chi connectivity index (χ2n) is 7.02. The minimum Gasteiger partial charge on any atom is -0.504 e. The number of rotatable bonds is 8. The molecule has 0 spiro atoms. The predicted molar refractivity (Wildman–Crippen MR) is 110 cm³/mol. The summed E-state index contributed by atoms with van der Waals surface area (Å²) in [4.78, 5) is 4.83. The first-order chi connectivity index (χ1) is 13.2. The van der Waals surface area contributed by atoms with Crippen molar-refractivity contribution >= 4 is 5.96 Å². The molecule has 0 atom stereocenters. The summed E-state index contributed by atoms with van der Waals surface area (Å²) in [6.07, 6.45) is 3.23. The number of methoxy groups -OCH3 is 1. The third-order valence-electron chi connectivity index (χ3n) is 5.07. The second kappa shape index (κ2) is 8.80. The number of benzene rings is 2. The molecule has 0 radical (unpaired) electrons. The number of nitrogens with zero attached hydrogens (tertiary/aromatic N) is 1. The molecule has 144 valence electrons. The van der Waals surface area contributed by atoms with Gasteiger partial charge in [0.15, 0.2) is 17.5 Å². The van der Waals surface area contributed by atoms with E-state index in [0.717, 1.165) is 37.6 Å². The van der Waals surface area contributed by atoms with E-state index in [2.05, 4.69) is 47.9 Å². The third kappa shape index (κ3) is 4.94. The average molecular weight is 367 g/mol. The van der Waals surface area contributed by atoms with Crippen LogP contribution < -0.4 is 15.4 Å². The molecule has 0 aromatic heterocycles. The van der Waals surface area contributed by atoms with Crippen molar-refractivity contribution in [3.63, 3.8) is 0 Å². The first-order valence-electron chi connectivity index (χ1n) is 9.60. The Morgan fingerprint density at radius 1 is 1.15 bits per heavy atom. The lowest BCUT2D eigenvalue weighted by atomic mass is 9.96. The van der Waals surface area contributed by atoms with Crippen molar-refractivity contribution in [1.29, 1.82) is 0 Å². The van der Waals surface area contributed by atoms with Crippen molar-refractivity contribution in [2.75, 3.05) is 26.7 Å². The molecule has 3 N–H and O–H groups in total. The molecule has 0 bridgehead atoms. The van der Waals surface area contributed by atoms with Gasteiger partial charge in [0.25, 0.3) is 0 Å². The van der Waals surface area contributed by atoms with Crippen LogP contribution in [0, 0.1) is 0 Å². The fraction of sp³-hybridized carbons (Fsp3) is 0.409. The summed E-state index contributed by atoms with van der Waals surface area (Å²) in [6.45, 7) is 4.47. The molecule has 27 heavy (non-hydrogen) atoms. The Balaban J connectivity index is 1.57. The molecule has 3 rings (SSSR count). The van der Waals surface area contributed by atoms with Gasteiger partial charge in [-0.15, -0.1) is 0 Å². The van der Waals surface area contributed by atoms with Crippen LogP contribution in [0.5, 0.6) is 11.5 Å². The number of aromatic hydroxyl groups is 1. The first kappa shape index (κ1) is 19.1. The summed E-state index contributed by atoms with van der Waals surface area (Å²) in [5.41, 5.74) is 2.71. The lowest BCUT2D eigenvalue weighted by Crippen LogP contribution is -2.39. The number of nitrogens with one attached hydrogen (secondary N) is 2. The van der Waals surface area contributed by atoms with Gasteiger partial charge in [0.1, 0.15) is 0 Å². The van der Waals surface area contributed by atoms with Crippen LogP contribution >= 0.6 is 0 Å². The maximum Gasteiger partial charge on any atom is 0.191 e. The van der Waals surface area contributed by atoms with Crippen molar-refractivity contribution < 1.29 is 9.84 Å². The van der Waals surface area contributed by atoms with Crippen LogP contribution in [-0.2, 0) is 11.8 Å². The molecule has 0 unspecified atom stereocenters. The zero-order chi connectivity index (χ0) is 19.1. The monoisotopic (exact) mass is 367 g/mol. The van der Waals surface area contributed by atoms with E-state index < -0.39 is 0 Å². The lowest BCUT2D eigenvalue weighted by Gasteiger charge is -2.16. The highest BCUT2D eigenvalue weighted by molar-refractivity contribution is 5.79. The maximum atomic E-state index is 9.69. The fourth-order valence-electron chi connectivity index (χ4n) is 3.26. The minimum atomic E-state index is 0.166. The number of ether oxygens (including phenoxy) is 1. The van der Waals surface area contributed by atoms with Gasteiger partial charge < -0.3 is 20.5 Å². The third-order valence-corrected chi connectivity index (χ3v) is 5.07. The Hall–Kier alpha value is -2.69. The van der Waals surface area contributed by atoms with Gasteiger partial charge in [0, 0.05) is 18.5 Å². The lowest BCUT2D eigenvalue weighted by molar-refractivity contribution is 0.373. The van der Waals surface area contributed by atoms with Crippen molar-refractivity contribution in [2.24, 2.45) is 4.99 Å². The number of hydrogen-bond donors (Lipinski definition) is 3.